The summed E-state index contributed by atoms with van der Waals surface area (Å²) in [4.78, 5) is 25.7. The minimum Gasteiger partial charge on any atom is -0.481 e. The van der Waals surface area contributed by atoms with Gasteiger partial charge in [-0.3, -0.25) is 9.59 Å². The van der Waals surface area contributed by atoms with Crippen molar-refractivity contribution in [1.29, 1.82) is 0 Å². The first kappa shape index (κ1) is 17.0. The Morgan fingerprint density at radius 1 is 1.04 bits per heavy atom. The lowest BCUT2D eigenvalue weighted by Gasteiger charge is -2.35. The van der Waals surface area contributed by atoms with Crippen molar-refractivity contribution in [2.45, 2.75) is 51.4 Å². The molecule has 4 heteroatoms. The van der Waals surface area contributed by atoms with E-state index in [1.807, 2.05) is 19.1 Å². The molecule has 2 aliphatic rings. The molecule has 1 aromatic carbocycles. The van der Waals surface area contributed by atoms with Crippen LogP contribution in [-0.4, -0.2) is 35.0 Å². The molecular weight excluding hydrogens is 302 g/mol. The number of hydrogen-bond donors (Lipinski definition) is 1. The van der Waals surface area contributed by atoms with Crippen molar-refractivity contribution in [1.82, 2.24) is 4.90 Å². The van der Waals surface area contributed by atoms with Crippen molar-refractivity contribution in [3.8, 4) is 0 Å². The van der Waals surface area contributed by atoms with Crippen LogP contribution in [-0.2, 0) is 4.79 Å². The van der Waals surface area contributed by atoms with Gasteiger partial charge in [0.2, 0.25) is 0 Å². The SMILES string of the molecule is CC1CN(C(=O)c2ccc(C3CCCCC3)cc2)CCC1C(=O)O. The highest BCUT2D eigenvalue weighted by Gasteiger charge is 2.33. The number of rotatable bonds is 3. The minimum absolute atomic E-state index is 0.00159. The van der Waals surface area contributed by atoms with Crippen molar-refractivity contribution in [3.05, 3.63) is 35.4 Å². The molecule has 1 aliphatic carbocycles. The summed E-state index contributed by atoms with van der Waals surface area (Å²) in [5, 5.41) is 9.20. The van der Waals surface area contributed by atoms with Gasteiger partial charge in [-0.05, 0) is 48.8 Å². The molecular formula is C20H27NO3. The fourth-order valence-electron chi connectivity index (χ4n) is 4.21. The van der Waals surface area contributed by atoms with Crippen molar-refractivity contribution in [2.24, 2.45) is 11.8 Å². The van der Waals surface area contributed by atoms with E-state index in [-0.39, 0.29) is 17.7 Å². The molecule has 0 spiro atoms. The number of carboxylic acid groups (broad SMARTS) is 1. The van der Waals surface area contributed by atoms with Gasteiger partial charge < -0.3 is 10.0 Å². The Labute approximate surface area is 143 Å². The molecule has 3 rings (SSSR count). The first-order chi connectivity index (χ1) is 11.6. The van der Waals surface area contributed by atoms with E-state index in [4.69, 9.17) is 0 Å². The van der Waals surface area contributed by atoms with E-state index in [2.05, 4.69) is 12.1 Å². The molecule has 1 saturated carbocycles. The summed E-state index contributed by atoms with van der Waals surface area (Å²) in [6.45, 7) is 2.98. The van der Waals surface area contributed by atoms with E-state index < -0.39 is 5.97 Å². The van der Waals surface area contributed by atoms with Gasteiger partial charge in [-0.2, -0.15) is 0 Å². The predicted octanol–water partition coefficient (Wildman–Crippen LogP) is 3.92. The molecule has 1 aromatic rings. The molecule has 130 valence electrons. The standard InChI is InChI=1S/C20H27NO3/c1-14-13-21(12-11-18(14)20(23)24)19(22)17-9-7-16(8-10-17)15-5-3-2-4-6-15/h7-10,14-15,18H,2-6,11-13H2,1H3,(H,23,24). The highest BCUT2D eigenvalue weighted by molar-refractivity contribution is 5.94. The minimum atomic E-state index is -0.744. The molecule has 1 heterocycles. The van der Waals surface area contributed by atoms with Crippen LogP contribution in [0.3, 0.4) is 0 Å². The molecule has 0 bridgehead atoms. The maximum Gasteiger partial charge on any atom is 0.306 e. The van der Waals surface area contributed by atoms with E-state index >= 15 is 0 Å². The third-order valence-electron chi connectivity index (χ3n) is 5.74. The zero-order valence-corrected chi connectivity index (χ0v) is 14.4. The zero-order valence-electron chi connectivity index (χ0n) is 14.4. The van der Waals surface area contributed by atoms with Crippen molar-refractivity contribution in [2.75, 3.05) is 13.1 Å². The van der Waals surface area contributed by atoms with Crippen LogP contribution < -0.4 is 0 Å². The lowest BCUT2D eigenvalue weighted by Crippen LogP contribution is -2.45. The van der Waals surface area contributed by atoms with Gasteiger partial charge in [-0.1, -0.05) is 38.3 Å². The number of likely N-dealkylation sites (tertiary alicyclic amines) is 1. The summed E-state index contributed by atoms with van der Waals surface area (Å²) in [5.41, 5.74) is 2.07. The smallest absolute Gasteiger partial charge is 0.306 e. The molecule has 2 fully saturated rings. The van der Waals surface area contributed by atoms with Crippen LogP contribution in [0.5, 0.6) is 0 Å². The van der Waals surface area contributed by atoms with Crippen LogP contribution >= 0.6 is 0 Å². The van der Waals surface area contributed by atoms with Gasteiger partial charge in [-0.15, -0.1) is 0 Å². The Bertz CT molecular complexity index is 589. The van der Waals surface area contributed by atoms with Crippen molar-refractivity contribution >= 4 is 11.9 Å². The molecule has 1 N–H and O–H groups in total. The average molecular weight is 329 g/mol. The molecule has 4 nitrogen and oxygen atoms in total. The van der Waals surface area contributed by atoms with Crippen LogP contribution in [0.2, 0.25) is 0 Å². The first-order valence-corrected chi connectivity index (χ1v) is 9.18. The van der Waals surface area contributed by atoms with Crippen molar-refractivity contribution in [3.63, 3.8) is 0 Å². The molecule has 1 amide bonds. The average Bonchev–Trinajstić information content (AvgIpc) is 2.61. The normalized spacial score (nSPS) is 25.5. The van der Waals surface area contributed by atoms with Gasteiger partial charge in [0.1, 0.15) is 0 Å². The summed E-state index contributed by atoms with van der Waals surface area (Å²) in [7, 11) is 0. The second kappa shape index (κ2) is 7.37. The number of carbonyl (C=O) groups is 2. The van der Waals surface area contributed by atoms with Gasteiger partial charge in [-0.25, -0.2) is 0 Å². The number of piperidine rings is 1. The van der Waals surface area contributed by atoms with Gasteiger partial charge in [0.15, 0.2) is 0 Å². The number of carbonyl (C=O) groups excluding carboxylic acids is 1. The summed E-state index contributed by atoms with van der Waals surface area (Å²) >= 11 is 0. The second-order valence-corrected chi connectivity index (χ2v) is 7.42. The quantitative estimate of drug-likeness (QED) is 0.914. The zero-order chi connectivity index (χ0) is 17.1. The lowest BCUT2D eigenvalue weighted by molar-refractivity contribution is -0.145. The number of carboxylic acids is 1. The van der Waals surface area contributed by atoms with E-state index in [0.717, 1.165) is 5.56 Å². The Morgan fingerprint density at radius 3 is 2.29 bits per heavy atom. The highest BCUT2D eigenvalue weighted by Crippen LogP contribution is 2.33. The molecule has 0 radical (unpaired) electrons. The maximum absolute atomic E-state index is 12.7. The maximum atomic E-state index is 12.7. The Balaban J connectivity index is 1.64. The highest BCUT2D eigenvalue weighted by atomic mass is 16.4. The first-order valence-electron chi connectivity index (χ1n) is 9.18. The van der Waals surface area contributed by atoms with Crippen LogP contribution in [0.4, 0.5) is 0 Å². The third kappa shape index (κ3) is 3.63. The third-order valence-corrected chi connectivity index (χ3v) is 5.74. The van der Waals surface area contributed by atoms with Crippen LogP contribution in [0.15, 0.2) is 24.3 Å². The van der Waals surface area contributed by atoms with E-state index in [9.17, 15) is 14.7 Å². The fourth-order valence-corrected chi connectivity index (χ4v) is 4.21. The van der Waals surface area contributed by atoms with E-state index in [0.29, 0.717) is 25.4 Å². The number of hydrogen-bond acceptors (Lipinski definition) is 2. The summed E-state index contributed by atoms with van der Waals surface area (Å²) in [6.07, 6.45) is 7.02. The summed E-state index contributed by atoms with van der Waals surface area (Å²) in [6, 6.07) is 8.10. The number of aliphatic carboxylic acids is 1. The van der Waals surface area contributed by atoms with Gasteiger partial charge in [0.25, 0.3) is 5.91 Å². The Morgan fingerprint density at radius 2 is 1.71 bits per heavy atom. The van der Waals surface area contributed by atoms with E-state index in [1.54, 1.807) is 4.90 Å². The number of benzene rings is 1. The van der Waals surface area contributed by atoms with Crippen LogP contribution in [0.1, 0.15) is 67.3 Å². The Kier molecular flexibility index (Phi) is 5.22. The lowest BCUT2D eigenvalue weighted by atomic mass is 9.84. The molecule has 2 unspecified atom stereocenters. The molecule has 24 heavy (non-hydrogen) atoms. The van der Waals surface area contributed by atoms with Crippen LogP contribution in [0.25, 0.3) is 0 Å². The Hall–Kier alpha value is -1.84. The van der Waals surface area contributed by atoms with Crippen molar-refractivity contribution < 1.29 is 14.7 Å². The molecule has 0 aromatic heterocycles. The molecule has 1 aliphatic heterocycles. The summed E-state index contributed by atoms with van der Waals surface area (Å²) < 4.78 is 0. The van der Waals surface area contributed by atoms with E-state index in [1.165, 1.54) is 37.7 Å². The summed E-state index contributed by atoms with van der Waals surface area (Å²) in [5.74, 6) is -0.397. The second-order valence-electron chi connectivity index (χ2n) is 7.42. The number of nitrogens with zero attached hydrogens (tertiary/aromatic N) is 1. The largest absolute Gasteiger partial charge is 0.481 e. The topological polar surface area (TPSA) is 57.6 Å². The fraction of sp³-hybridized carbons (Fsp3) is 0.600. The monoisotopic (exact) mass is 329 g/mol. The molecule has 2 atom stereocenters. The van der Waals surface area contributed by atoms with Gasteiger partial charge in [0, 0.05) is 18.7 Å². The predicted molar refractivity (Wildman–Crippen MR) is 93.1 cm³/mol. The van der Waals surface area contributed by atoms with Crippen LogP contribution in [0, 0.1) is 11.8 Å². The number of amides is 1. The van der Waals surface area contributed by atoms with Gasteiger partial charge >= 0.3 is 5.97 Å². The van der Waals surface area contributed by atoms with Gasteiger partial charge in [0.05, 0.1) is 5.92 Å². The molecule has 1 saturated heterocycles.